The van der Waals surface area contributed by atoms with Crippen molar-refractivity contribution in [3.8, 4) is 5.75 Å². The fourth-order valence-electron chi connectivity index (χ4n) is 2.31. The second-order valence-electron chi connectivity index (χ2n) is 4.92. The highest BCUT2D eigenvalue weighted by molar-refractivity contribution is 5.99. The van der Waals surface area contributed by atoms with E-state index in [1.54, 1.807) is 11.8 Å². The zero-order valence-electron chi connectivity index (χ0n) is 11.9. The van der Waals surface area contributed by atoms with Gasteiger partial charge in [0.25, 0.3) is 5.91 Å². The first kappa shape index (κ1) is 13.9. The number of nitrogens with zero attached hydrogens (tertiary/aromatic N) is 1. The number of likely N-dealkylation sites (N-methyl/N-ethyl adjacent to an activating group) is 1. The Morgan fingerprint density at radius 3 is 2.95 bits per heavy atom. The molecule has 0 fully saturated rings. The van der Waals surface area contributed by atoms with E-state index in [-0.39, 0.29) is 5.91 Å². The Morgan fingerprint density at radius 2 is 2.21 bits per heavy atom. The number of nitrogens with one attached hydrogen (secondary N) is 1. The summed E-state index contributed by atoms with van der Waals surface area (Å²) in [5.74, 6) is 0.808. The van der Waals surface area contributed by atoms with Crippen molar-refractivity contribution in [3.63, 3.8) is 0 Å². The monoisotopic (exact) mass is 262 g/mol. The summed E-state index contributed by atoms with van der Waals surface area (Å²) in [4.78, 5) is 13.6. The number of rotatable bonds is 5. The Kier molecular flexibility index (Phi) is 4.43. The zero-order chi connectivity index (χ0) is 13.8. The topological polar surface area (TPSA) is 41.6 Å². The van der Waals surface area contributed by atoms with Crippen molar-refractivity contribution >= 4 is 11.6 Å². The Labute approximate surface area is 114 Å². The third-order valence-electron chi connectivity index (χ3n) is 3.44. The molecule has 1 aromatic carbocycles. The summed E-state index contributed by atoms with van der Waals surface area (Å²) in [5.41, 5.74) is 2.12. The number of hydrogen-bond acceptors (Lipinski definition) is 3. The van der Waals surface area contributed by atoms with Crippen LogP contribution in [0.5, 0.6) is 5.75 Å². The van der Waals surface area contributed by atoms with Gasteiger partial charge in [0, 0.05) is 7.05 Å². The van der Waals surface area contributed by atoms with Gasteiger partial charge in [0.05, 0.1) is 5.69 Å². The van der Waals surface area contributed by atoms with Crippen molar-refractivity contribution in [3.05, 3.63) is 23.8 Å². The average molecular weight is 262 g/mol. The standard InChI is InChI=1S/C15H22N2O2/c1-4-16-9-5-6-12-7-8-14-13(10-12)17(3)15(18)11(2)19-14/h7-8,10-11,16H,4-6,9H2,1-3H3. The van der Waals surface area contributed by atoms with Gasteiger partial charge < -0.3 is 15.0 Å². The fourth-order valence-corrected chi connectivity index (χ4v) is 2.31. The molecule has 0 radical (unpaired) electrons. The van der Waals surface area contributed by atoms with Gasteiger partial charge in [-0.2, -0.15) is 0 Å². The minimum absolute atomic E-state index is 0.0114. The molecule has 0 aromatic heterocycles. The first-order valence-electron chi connectivity index (χ1n) is 6.91. The van der Waals surface area contributed by atoms with Gasteiger partial charge in [-0.3, -0.25) is 4.79 Å². The van der Waals surface area contributed by atoms with Gasteiger partial charge in [-0.15, -0.1) is 0 Å². The van der Waals surface area contributed by atoms with Crippen LogP contribution in [0.25, 0.3) is 0 Å². The van der Waals surface area contributed by atoms with Crippen molar-refractivity contribution in [1.29, 1.82) is 0 Å². The van der Waals surface area contributed by atoms with Crippen LogP contribution in [-0.2, 0) is 11.2 Å². The molecule has 104 valence electrons. The Balaban J connectivity index is 2.08. The number of ether oxygens (including phenoxy) is 1. The number of amides is 1. The van der Waals surface area contributed by atoms with Crippen LogP contribution in [0.1, 0.15) is 25.8 Å². The molecule has 0 saturated carbocycles. The lowest BCUT2D eigenvalue weighted by Gasteiger charge is -2.30. The number of carbonyl (C=O) groups excluding carboxylic acids is 1. The number of benzene rings is 1. The summed E-state index contributed by atoms with van der Waals surface area (Å²) in [6, 6.07) is 6.11. The molecule has 2 rings (SSSR count). The molecular formula is C15H22N2O2. The van der Waals surface area contributed by atoms with Crippen molar-refractivity contribution in [2.75, 3.05) is 25.0 Å². The second kappa shape index (κ2) is 6.06. The van der Waals surface area contributed by atoms with Crippen LogP contribution >= 0.6 is 0 Å². The molecule has 0 saturated heterocycles. The Hall–Kier alpha value is -1.55. The van der Waals surface area contributed by atoms with Crippen LogP contribution in [0.3, 0.4) is 0 Å². The van der Waals surface area contributed by atoms with E-state index in [2.05, 4.69) is 24.4 Å². The highest BCUT2D eigenvalue weighted by Crippen LogP contribution is 2.34. The van der Waals surface area contributed by atoms with Crippen LogP contribution in [0, 0.1) is 0 Å². The summed E-state index contributed by atoms with van der Waals surface area (Å²) in [5, 5.41) is 3.31. The highest BCUT2D eigenvalue weighted by atomic mass is 16.5. The van der Waals surface area contributed by atoms with Gasteiger partial charge in [-0.1, -0.05) is 13.0 Å². The summed E-state index contributed by atoms with van der Waals surface area (Å²) in [6.45, 7) is 5.92. The van der Waals surface area contributed by atoms with E-state index in [1.807, 2.05) is 13.1 Å². The minimum Gasteiger partial charge on any atom is -0.479 e. The van der Waals surface area contributed by atoms with E-state index >= 15 is 0 Å². The predicted octanol–water partition coefficient (Wildman–Crippen LogP) is 1.97. The number of fused-ring (bicyclic) bond motifs is 1. The van der Waals surface area contributed by atoms with Gasteiger partial charge in [-0.25, -0.2) is 0 Å². The second-order valence-corrected chi connectivity index (χ2v) is 4.92. The van der Waals surface area contributed by atoms with Crippen LogP contribution in [0.15, 0.2) is 18.2 Å². The number of carbonyl (C=O) groups is 1. The first-order chi connectivity index (χ1) is 9.13. The smallest absolute Gasteiger partial charge is 0.267 e. The van der Waals surface area contributed by atoms with Crippen LogP contribution in [-0.4, -0.2) is 32.1 Å². The van der Waals surface area contributed by atoms with Gasteiger partial charge >= 0.3 is 0 Å². The molecule has 1 N–H and O–H groups in total. The summed E-state index contributed by atoms with van der Waals surface area (Å²) < 4.78 is 5.61. The highest BCUT2D eigenvalue weighted by Gasteiger charge is 2.28. The summed E-state index contributed by atoms with van der Waals surface area (Å²) in [7, 11) is 1.81. The van der Waals surface area contributed by atoms with Gasteiger partial charge in [-0.05, 0) is 50.6 Å². The maximum atomic E-state index is 11.9. The molecule has 0 spiro atoms. The van der Waals surface area contributed by atoms with Gasteiger partial charge in [0.2, 0.25) is 0 Å². The third-order valence-corrected chi connectivity index (χ3v) is 3.44. The van der Waals surface area contributed by atoms with Crippen molar-refractivity contribution in [2.45, 2.75) is 32.8 Å². The minimum atomic E-state index is -0.392. The van der Waals surface area contributed by atoms with Crippen molar-refractivity contribution in [1.82, 2.24) is 5.32 Å². The first-order valence-corrected chi connectivity index (χ1v) is 6.91. The normalized spacial score (nSPS) is 18.2. The quantitative estimate of drug-likeness (QED) is 0.825. The van der Waals surface area contributed by atoms with Gasteiger partial charge in [0.15, 0.2) is 6.10 Å². The molecule has 1 aliphatic heterocycles. The molecule has 0 bridgehead atoms. The zero-order valence-corrected chi connectivity index (χ0v) is 11.9. The number of hydrogen-bond donors (Lipinski definition) is 1. The summed E-state index contributed by atoms with van der Waals surface area (Å²) >= 11 is 0. The van der Waals surface area contributed by atoms with E-state index < -0.39 is 6.10 Å². The van der Waals surface area contributed by atoms with E-state index in [9.17, 15) is 4.79 Å². The SMILES string of the molecule is CCNCCCc1ccc2c(c1)N(C)C(=O)C(C)O2. The molecule has 1 aromatic rings. The maximum absolute atomic E-state index is 11.9. The largest absolute Gasteiger partial charge is 0.479 e. The average Bonchev–Trinajstić information content (AvgIpc) is 2.42. The third kappa shape index (κ3) is 3.07. The molecule has 1 amide bonds. The molecule has 1 heterocycles. The number of aryl methyl sites for hydroxylation is 1. The lowest BCUT2D eigenvalue weighted by molar-refractivity contribution is -0.125. The fraction of sp³-hybridized carbons (Fsp3) is 0.533. The molecule has 0 aliphatic carbocycles. The van der Waals surface area contributed by atoms with E-state index in [0.29, 0.717) is 0 Å². The molecule has 1 atom stereocenters. The molecular weight excluding hydrogens is 240 g/mol. The van der Waals surface area contributed by atoms with Crippen LogP contribution in [0.2, 0.25) is 0 Å². The van der Waals surface area contributed by atoms with E-state index in [4.69, 9.17) is 4.74 Å². The maximum Gasteiger partial charge on any atom is 0.267 e. The number of anilines is 1. The molecule has 1 aliphatic rings. The summed E-state index contributed by atoms with van der Waals surface area (Å²) in [6.07, 6.45) is 1.72. The Bertz CT molecular complexity index is 459. The van der Waals surface area contributed by atoms with Crippen molar-refractivity contribution < 1.29 is 9.53 Å². The molecule has 4 nitrogen and oxygen atoms in total. The van der Waals surface area contributed by atoms with Crippen LogP contribution in [0.4, 0.5) is 5.69 Å². The predicted molar refractivity (Wildman–Crippen MR) is 76.8 cm³/mol. The van der Waals surface area contributed by atoms with Crippen LogP contribution < -0.4 is 15.0 Å². The van der Waals surface area contributed by atoms with E-state index in [1.165, 1.54) is 5.56 Å². The molecule has 4 heteroatoms. The molecule has 19 heavy (non-hydrogen) atoms. The lowest BCUT2D eigenvalue weighted by atomic mass is 10.1. The Morgan fingerprint density at radius 1 is 1.42 bits per heavy atom. The van der Waals surface area contributed by atoms with Gasteiger partial charge in [0.1, 0.15) is 5.75 Å². The lowest BCUT2D eigenvalue weighted by Crippen LogP contribution is -2.42. The van der Waals surface area contributed by atoms with E-state index in [0.717, 1.165) is 37.4 Å². The van der Waals surface area contributed by atoms with Crippen molar-refractivity contribution in [2.24, 2.45) is 0 Å². The molecule has 1 unspecified atom stereocenters.